The van der Waals surface area contributed by atoms with Crippen LogP contribution in [0.5, 0.6) is 5.75 Å². The summed E-state index contributed by atoms with van der Waals surface area (Å²) in [6.07, 6.45) is 0.941. The van der Waals surface area contributed by atoms with Gasteiger partial charge in [-0.05, 0) is 31.9 Å². The fraction of sp³-hybridized carbons (Fsp3) is 0.600. The zero-order valence-corrected chi connectivity index (χ0v) is 12.0. The number of rotatable bonds is 5. The van der Waals surface area contributed by atoms with Gasteiger partial charge >= 0.3 is 0 Å². The topological polar surface area (TPSA) is 21.3 Å². The van der Waals surface area contributed by atoms with Gasteiger partial charge in [0.25, 0.3) is 0 Å². The van der Waals surface area contributed by atoms with Crippen LogP contribution in [0.1, 0.15) is 45.7 Å². The summed E-state index contributed by atoms with van der Waals surface area (Å²) in [5.74, 6) is 0.383. The first kappa shape index (κ1) is 15.0. The Hall–Kier alpha value is -1.09. The summed E-state index contributed by atoms with van der Waals surface area (Å²) in [7, 11) is 1.88. The Morgan fingerprint density at radius 2 is 2.00 bits per heavy atom. The molecular weight excluding hydrogens is 229 g/mol. The van der Waals surface area contributed by atoms with Gasteiger partial charge < -0.3 is 10.1 Å². The highest BCUT2D eigenvalue weighted by molar-refractivity contribution is 5.36. The molecule has 102 valence electrons. The molecule has 3 heteroatoms. The molecule has 0 radical (unpaired) electrons. The quantitative estimate of drug-likeness (QED) is 0.858. The second kappa shape index (κ2) is 6.19. The first-order chi connectivity index (χ1) is 8.33. The zero-order valence-electron chi connectivity index (χ0n) is 12.0. The lowest BCUT2D eigenvalue weighted by atomic mass is 9.93. The van der Waals surface area contributed by atoms with Gasteiger partial charge in [0.05, 0.1) is 6.61 Å². The molecule has 0 amide bonds. The predicted molar refractivity (Wildman–Crippen MR) is 73.4 cm³/mol. The standard InChI is InChI=1S/C15H24FNO/c1-11(17-5)13-7-6-12(16)10-14(13)18-9-8-15(2,3)4/h6-7,10-11,17H,8-9H2,1-5H3. The predicted octanol–water partition coefficient (Wildman–Crippen LogP) is 3.92. The van der Waals surface area contributed by atoms with E-state index in [0.717, 1.165) is 12.0 Å². The van der Waals surface area contributed by atoms with Gasteiger partial charge in [0, 0.05) is 17.7 Å². The van der Waals surface area contributed by atoms with Gasteiger partial charge in [-0.2, -0.15) is 0 Å². The van der Waals surface area contributed by atoms with E-state index < -0.39 is 0 Å². The van der Waals surface area contributed by atoms with Crippen LogP contribution in [-0.4, -0.2) is 13.7 Å². The first-order valence-electron chi connectivity index (χ1n) is 6.43. The monoisotopic (exact) mass is 253 g/mol. The van der Waals surface area contributed by atoms with E-state index in [0.29, 0.717) is 12.4 Å². The number of benzene rings is 1. The van der Waals surface area contributed by atoms with E-state index in [1.807, 2.05) is 14.0 Å². The van der Waals surface area contributed by atoms with Crippen molar-refractivity contribution >= 4 is 0 Å². The summed E-state index contributed by atoms with van der Waals surface area (Å²) < 4.78 is 19.0. The fourth-order valence-electron chi connectivity index (χ4n) is 1.61. The minimum Gasteiger partial charge on any atom is -0.493 e. The Balaban J connectivity index is 2.76. The van der Waals surface area contributed by atoms with Crippen LogP contribution < -0.4 is 10.1 Å². The fourth-order valence-corrected chi connectivity index (χ4v) is 1.61. The molecule has 0 bridgehead atoms. The number of hydrogen-bond acceptors (Lipinski definition) is 2. The molecule has 1 unspecified atom stereocenters. The van der Waals surface area contributed by atoms with Crippen molar-refractivity contribution in [2.75, 3.05) is 13.7 Å². The molecule has 0 aliphatic rings. The lowest BCUT2D eigenvalue weighted by molar-refractivity contribution is 0.239. The van der Waals surface area contributed by atoms with Crippen LogP contribution in [0, 0.1) is 11.2 Å². The van der Waals surface area contributed by atoms with E-state index in [1.54, 1.807) is 6.07 Å². The Labute approximate surface area is 110 Å². The summed E-state index contributed by atoms with van der Waals surface area (Å²) in [6.45, 7) is 9.14. The molecule has 18 heavy (non-hydrogen) atoms. The summed E-state index contributed by atoms with van der Waals surface area (Å²) in [4.78, 5) is 0. The highest BCUT2D eigenvalue weighted by atomic mass is 19.1. The second-order valence-corrected chi connectivity index (χ2v) is 5.85. The maximum Gasteiger partial charge on any atom is 0.126 e. The zero-order chi connectivity index (χ0) is 13.8. The maximum atomic E-state index is 13.3. The lowest BCUT2D eigenvalue weighted by Gasteiger charge is -2.20. The largest absolute Gasteiger partial charge is 0.493 e. The van der Waals surface area contributed by atoms with Crippen molar-refractivity contribution in [1.82, 2.24) is 5.32 Å². The van der Waals surface area contributed by atoms with Gasteiger partial charge in [-0.15, -0.1) is 0 Å². The third kappa shape index (κ3) is 4.65. The molecular formula is C15H24FNO. The van der Waals surface area contributed by atoms with Crippen molar-refractivity contribution < 1.29 is 9.13 Å². The Bertz CT molecular complexity index is 385. The van der Waals surface area contributed by atoms with Crippen molar-refractivity contribution in [3.8, 4) is 5.75 Å². The summed E-state index contributed by atoms with van der Waals surface area (Å²) >= 11 is 0. The molecule has 0 fully saturated rings. The molecule has 1 aromatic rings. The normalized spacial score (nSPS) is 13.4. The SMILES string of the molecule is CNC(C)c1ccc(F)cc1OCCC(C)(C)C. The molecule has 2 nitrogen and oxygen atoms in total. The maximum absolute atomic E-state index is 13.3. The van der Waals surface area contributed by atoms with E-state index in [-0.39, 0.29) is 17.3 Å². The third-order valence-corrected chi connectivity index (χ3v) is 2.98. The average molecular weight is 253 g/mol. The van der Waals surface area contributed by atoms with Crippen LogP contribution in [0.25, 0.3) is 0 Å². The van der Waals surface area contributed by atoms with E-state index in [1.165, 1.54) is 12.1 Å². The molecule has 0 aliphatic heterocycles. The van der Waals surface area contributed by atoms with Crippen LogP contribution in [0.2, 0.25) is 0 Å². The summed E-state index contributed by atoms with van der Waals surface area (Å²) in [6, 6.07) is 4.87. The van der Waals surface area contributed by atoms with Crippen molar-refractivity contribution in [2.24, 2.45) is 5.41 Å². The average Bonchev–Trinajstić information content (AvgIpc) is 2.26. The van der Waals surface area contributed by atoms with Crippen LogP contribution in [0.15, 0.2) is 18.2 Å². The molecule has 1 aromatic carbocycles. The molecule has 0 aromatic heterocycles. The Morgan fingerprint density at radius 3 is 2.56 bits per heavy atom. The molecule has 1 rings (SSSR count). The van der Waals surface area contributed by atoms with E-state index in [2.05, 4.69) is 26.1 Å². The van der Waals surface area contributed by atoms with Crippen molar-refractivity contribution in [3.63, 3.8) is 0 Å². The van der Waals surface area contributed by atoms with Crippen LogP contribution in [0.3, 0.4) is 0 Å². The Morgan fingerprint density at radius 1 is 1.33 bits per heavy atom. The lowest BCUT2D eigenvalue weighted by Crippen LogP contribution is -2.16. The Kier molecular flexibility index (Phi) is 5.15. The molecule has 0 spiro atoms. The second-order valence-electron chi connectivity index (χ2n) is 5.85. The van der Waals surface area contributed by atoms with Gasteiger partial charge in [-0.25, -0.2) is 4.39 Å². The molecule has 0 heterocycles. The third-order valence-electron chi connectivity index (χ3n) is 2.98. The molecule has 0 aliphatic carbocycles. The molecule has 1 N–H and O–H groups in total. The van der Waals surface area contributed by atoms with E-state index in [9.17, 15) is 4.39 Å². The number of hydrogen-bond donors (Lipinski definition) is 1. The van der Waals surface area contributed by atoms with Gasteiger partial charge in [0.15, 0.2) is 0 Å². The van der Waals surface area contributed by atoms with Gasteiger partial charge in [-0.3, -0.25) is 0 Å². The van der Waals surface area contributed by atoms with E-state index >= 15 is 0 Å². The highest BCUT2D eigenvalue weighted by Gasteiger charge is 2.14. The van der Waals surface area contributed by atoms with Crippen molar-refractivity contribution in [3.05, 3.63) is 29.6 Å². The molecule has 0 saturated carbocycles. The number of nitrogens with one attached hydrogen (secondary N) is 1. The number of ether oxygens (including phenoxy) is 1. The molecule has 0 saturated heterocycles. The molecule has 1 atom stereocenters. The summed E-state index contributed by atoms with van der Waals surface area (Å²) in [5, 5.41) is 3.15. The van der Waals surface area contributed by atoms with Gasteiger partial charge in [0.1, 0.15) is 11.6 Å². The van der Waals surface area contributed by atoms with Gasteiger partial charge in [-0.1, -0.05) is 26.8 Å². The van der Waals surface area contributed by atoms with E-state index in [4.69, 9.17) is 4.74 Å². The minimum absolute atomic E-state index is 0.148. The smallest absolute Gasteiger partial charge is 0.126 e. The van der Waals surface area contributed by atoms with Crippen molar-refractivity contribution in [2.45, 2.75) is 40.2 Å². The van der Waals surface area contributed by atoms with Crippen LogP contribution in [0.4, 0.5) is 4.39 Å². The van der Waals surface area contributed by atoms with Gasteiger partial charge in [0.2, 0.25) is 0 Å². The highest BCUT2D eigenvalue weighted by Crippen LogP contribution is 2.27. The van der Waals surface area contributed by atoms with Crippen molar-refractivity contribution in [1.29, 1.82) is 0 Å². The number of halogens is 1. The van der Waals surface area contributed by atoms with Crippen LogP contribution in [-0.2, 0) is 0 Å². The summed E-state index contributed by atoms with van der Waals surface area (Å²) in [5.41, 5.74) is 1.22. The first-order valence-corrected chi connectivity index (χ1v) is 6.43. The van der Waals surface area contributed by atoms with Crippen LogP contribution >= 0.6 is 0 Å². The minimum atomic E-state index is -0.257.